The molecule has 1 aliphatic heterocycles. The summed E-state index contributed by atoms with van der Waals surface area (Å²) in [4.78, 5) is 14.7. The summed E-state index contributed by atoms with van der Waals surface area (Å²) >= 11 is 0. The number of aryl methyl sites for hydroxylation is 1. The third kappa shape index (κ3) is 1.23. The van der Waals surface area contributed by atoms with E-state index in [9.17, 15) is 4.79 Å². The number of carbonyl (C=O) groups excluding carboxylic acids is 1. The molecule has 1 aromatic rings. The zero-order chi connectivity index (χ0) is 12.6. The molecule has 2 bridgehead atoms. The first-order valence-electron chi connectivity index (χ1n) is 7.55. The predicted octanol–water partition coefficient (Wildman–Crippen LogP) is 1.38. The summed E-state index contributed by atoms with van der Waals surface area (Å²) in [5.41, 5.74) is 0.966. The molecule has 100 valence electrons. The monoisotopic (exact) mass is 258 g/mol. The maximum Gasteiger partial charge on any atom is 0.231 e. The van der Waals surface area contributed by atoms with Gasteiger partial charge in [0, 0.05) is 12.5 Å². The number of H-pyrrole nitrogens is 1. The molecule has 1 amide bonds. The summed E-state index contributed by atoms with van der Waals surface area (Å²) in [5.74, 6) is 4.58. The van der Waals surface area contributed by atoms with Crippen LogP contribution in [0, 0.1) is 29.6 Å². The van der Waals surface area contributed by atoms with Crippen molar-refractivity contribution in [1.29, 1.82) is 0 Å². The van der Waals surface area contributed by atoms with E-state index < -0.39 is 0 Å². The number of fused-ring (bicyclic) bond motifs is 6. The van der Waals surface area contributed by atoms with Crippen molar-refractivity contribution in [2.75, 3.05) is 11.4 Å². The number of aromatic nitrogens is 3. The fourth-order valence-corrected chi connectivity index (χ4v) is 5.19. The van der Waals surface area contributed by atoms with Crippen molar-refractivity contribution in [1.82, 2.24) is 15.4 Å². The van der Waals surface area contributed by atoms with Crippen LogP contribution in [0.15, 0.2) is 0 Å². The molecule has 3 saturated carbocycles. The number of hydrogen-bond donors (Lipinski definition) is 1. The lowest BCUT2D eigenvalue weighted by molar-refractivity contribution is -0.120. The number of nitrogens with zero attached hydrogens (tertiary/aromatic N) is 3. The Morgan fingerprint density at radius 3 is 2.79 bits per heavy atom. The Morgan fingerprint density at radius 2 is 2.00 bits per heavy atom. The van der Waals surface area contributed by atoms with E-state index in [1.807, 2.05) is 4.90 Å². The molecule has 5 atom stereocenters. The van der Waals surface area contributed by atoms with Gasteiger partial charge < -0.3 is 0 Å². The summed E-state index contributed by atoms with van der Waals surface area (Å²) in [6.45, 7) is 0.823. The first kappa shape index (κ1) is 10.4. The molecule has 5 heteroatoms. The minimum Gasteiger partial charge on any atom is -0.293 e. The van der Waals surface area contributed by atoms with Gasteiger partial charge in [-0.25, -0.2) is 0 Å². The van der Waals surface area contributed by atoms with Crippen LogP contribution >= 0.6 is 0 Å². The maximum absolute atomic E-state index is 12.8. The topological polar surface area (TPSA) is 61.9 Å². The first-order chi connectivity index (χ1) is 9.34. The van der Waals surface area contributed by atoms with Gasteiger partial charge in [-0.05, 0) is 55.8 Å². The molecule has 5 rings (SSSR count). The van der Waals surface area contributed by atoms with E-state index >= 15 is 0 Å². The average Bonchev–Trinajstić information content (AvgIpc) is 2.85. The second-order valence-corrected chi connectivity index (χ2v) is 6.70. The molecule has 0 saturated heterocycles. The van der Waals surface area contributed by atoms with Gasteiger partial charge >= 0.3 is 0 Å². The number of amides is 1. The number of anilines is 1. The summed E-state index contributed by atoms with van der Waals surface area (Å²) in [6.07, 6.45) is 6.09. The highest BCUT2D eigenvalue weighted by atomic mass is 16.2. The van der Waals surface area contributed by atoms with E-state index in [1.54, 1.807) is 0 Å². The zero-order valence-corrected chi connectivity index (χ0v) is 10.9. The molecule has 0 aromatic carbocycles. The lowest BCUT2D eigenvalue weighted by Gasteiger charge is -2.25. The third-order valence-electron chi connectivity index (χ3n) is 5.94. The van der Waals surface area contributed by atoms with Crippen molar-refractivity contribution < 1.29 is 4.79 Å². The Balaban J connectivity index is 1.43. The van der Waals surface area contributed by atoms with E-state index in [1.165, 1.54) is 19.3 Å². The van der Waals surface area contributed by atoms with Gasteiger partial charge in [0.2, 0.25) is 5.91 Å². The molecular formula is C14H18N4O. The first-order valence-corrected chi connectivity index (χ1v) is 7.55. The van der Waals surface area contributed by atoms with Crippen LogP contribution in [0.1, 0.15) is 31.4 Å². The Morgan fingerprint density at radius 1 is 1.21 bits per heavy atom. The third-order valence-corrected chi connectivity index (χ3v) is 5.94. The smallest absolute Gasteiger partial charge is 0.231 e. The quantitative estimate of drug-likeness (QED) is 0.827. The van der Waals surface area contributed by atoms with Crippen LogP contribution in [0.25, 0.3) is 0 Å². The molecule has 1 aromatic heterocycles. The van der Waals surface area contributed by atoms with E-state index in [-0.39, 0.29) is 0 Å². The average molecular weight is 258 g/mol. The highest BCUT2D eigenvalue weighted by Gasteiger charge is 2.68. The van der Waals surface area contributed by atoms with E-state index in [0.717, 1.165) is 42.7 Å². The van der Waals surface area contributed by atoms with Crippen LogP contribution in [0.5, 0.6) is 0 Å². The normalized spacial score (nSPS) is 42.1. The van der Waals surface area contributed by atoms with Crippen molar-refractivity contribution in [3.05, 3.63) is 5.69 Å². The number of rotatable bonds is 1. The molecule has 1 unspecified atom stereocenters. The second kappa shape index (κ2) is 3.38. The summed E-state index contributed by atoms with van der Waals surface area (Å²) < 4.78 is 0. The molecule has 0 spiro atoms. The zero-order valence-electron chi connectivity index (χ0n) is 10.9. The van der Waals surface area contributed by atoms with Gasteiger partial charge in [0.1, 0.15) is 5.69 Å². The van der Waals surface area contributed by atoms with Crippen molar-refractivity contribution in [2.24, 2.45) is 29.6 Å². The summed E-state index contributed by atoms with van der Waals surface area (Å²) in [6, 6.07) is 0. The van der Waals surface area contributed by atoms with Crippen LogP contribution in [0.2, 0.25) is 0 Å². The SMILES string of the molecule is O=C(C1[C@@H]2[C@H]3CC[C@H](C3)[C@H]12)N1CCCc2n[nH]nc21. The molecule has 19 heavy (non-hydrogen) atoms. The Bertz CT molecular complexity index is 537. The van der Waals surface area contributed by atoms with Crippen molar-refractivity contribution >= 4 is 11.7 Å². The van der Waals surface area contributed by atoms with Crippen LogP contribution in [-0.4, -0.2) is 27.9 Å². The standard InChI is InChI=1S/C14H18N4O/c19-14(12-10-7-3-4-8(6-7)11(10)12)18-5-1-2-9-13(18)16-17-15-9/h7-8,10-12H,1-6H2,(H,15,16,17)/t7-,8+,10+,11-,12?. The maximum atomic E-state index is 12.8. The van der Waals surface area contributed by atoms with E-state index in [2.05, 4.69) is 15.4 Å². The number of carbonyl (C=O) groups is 1. The van der Waals surface area contributed by atoms with Crippen LogP contribution < -0.4 is 4.90 Å². The molecular weight excluding hydrogens is 240 g/mol. The Kier molecular flexibility index (Phi) is 1.85. The van der Waals surface area contributed by atoms with Gasteiger partial charge in [0.25, 0.3) is 0 Å². The summed E-state index contributed by atoms with van der Waals surface area (Å²) in [7, 11) is 0. The second-order valence-electron chi connectivity index (χ2n) is 6.70. The fraction of sp³-hybridized carbons (Fsp3) is 0.786. The fourth-order valence-electron chi connectivity index (χ4n) is 5.19. The molecule has 1 N–H and O–H groups in total. The number of aromatic amines is 1. The van der Waals surface area contributed by atoms with Crippen LogP contribution in [0.4, 0.5) is 5.82 Å². The molecule has 0 radical (unpaired) electrons. The van der Waals surface area contributed by atoms with Gasteiger partial charge in [-0.2, -0.15) is 10.3 Å². The van der Waals surface area contributed by atoms with E-state index in [0.29, 0.717) is 23.7 Å². The predicted molar refractivity (Wildman–Crippen MR) is 68.4 cm³/mol. The lowest BCUT2D eigenvalue weighted by atomic mass is 10.0. The molecule has 2 heterocycles. The Labute approximate surface area is 111 Å². The van der Waals surface area contributed by atoms with Crippen molar-refractivity contribution in [3.63, 3.8) is 0 Å². The van der Waals surface area contributed by atoms with E-state index in [4.69, 9.17) is 0 Å². The van der Waals surface area contributed by atoms with Crippen molar-refractivity contribution in [3.8, 4) is 0 Å². The highest BCUT2D eigenvalue weighted by Crippen LogP contribution is 2.69. The van der Waals surface area contributed by atoms with Crippen molar-refractivity contribution in [2.45, 2.75) is 32.1 Å². The largest absolute Gasteiger partial charge is 0.293 e. The number of nitrogens with one attached hydrogen (secondary N) is 1. The van der Waals surface area contributed by atoms with Gasteiger partial charge in [0.05, 0.1) is 0 Å². The summed E-state index contributed by atoms with van der Waals surface area (Å²) in [5, 5.41) is 11.0. The highest BCUT2D eigenvalue weighted by molar-refractivity contribution is 5.97. The molecule has 3 aliphatic carbocycles. The van der Waals surface area contributed by atoms with Gasteiger partial charge in [-0.3, -0.25) is 9.69 Å². The minimum absolute atomic E-state index is 0.314. The minimum atomic E-state index is 0.314. The van der Waals surface area contributed by atoms with Crippen LogP contribution in [-0.2, 0) is 11.2 Å². The Hall–Kier alpha value is -1.39. The molecule has 3 fully saturated rings. The van der Waals surface area contributed by atoms with Gasteiger partial charge in [-0.15, -0.1) is 5.10 Å². The number of hydrogen-bond acceptors (Lipinski definition) is 3. The van der Waals surface area contributed by atoms with Gasteiger partial charge in [0.15, 0.2) is 5.82 Å². The lowest BCUT2D eigenvalue weighted by Crippen LogP contribution is -2.38. The van der Waals surface area contributed by atoms with Gasteiger partial charge in [-0.1, -0.05) is 0 Å². The molecule has 5 nitrogen and oxygen atoms in total. The molecule has 4 aliphatic rings. The van der Waals surface area contributed by atoms with Crippen LogP contribution in [0.3, 0.4) is 0 Å².